The molecular weight excluding hydrogens is 230 g/mol. The molecule has 0 saturated heterocycles. The van der Waals surface area contributed by atoms with Crippen LogP contribution in [0, 0.1) is 5.41 Å². The molecule has 0 aromatic heterocycles. The fourth-order valence-corrected chi connectivity index (χ4v) is 2.82. The molecule has 6 heteroatoms. The monoisotopic (exact) mass is 251 g/mol. The average Bonchev–Trinajstić information content (AvgIpc) is 1.98. The second kappa shape index (κ2) is 6.20. The molecule has 0 radical (unpaired) electrons. The molecule has 0 unspecified atom stereocenters. The zero-order chi connectivity index (χ0) is 12.8. The SMILES string of the molecule is CCOC(=O)CCNS(=O)(=O)CC(C)(C)C. The van der Waals surface area contributed by atoms with Crippen LogP contribution in [0.5, 0.6) is 0 Å². The van der Waals surface area contributed by atoms with Gasteiger partial charge in [-0.25, -0.2) is 13.1 Å². The first-order chi connectivity index (χ1) is 7.16. The first-order valence-corrected chi connectivity index (χ1v) is 6.94. The van der Waals surface area contributed by atoms with Crippen LogP contribution < -0.4 is 4.72 Å². The molecule has 0 saturated carbocycles. The van der Waals surface area contributed by atoms with Crippen molar-refractivity contribution in [3.05, 3.63) is 0 Å². The number of nitrogens with one attached hydrogen (secondary N) is 1. The summed E-state index contributed by atoms with van der Waals surface area (Å²) < 4.78 is 30.1. The second-order valence-corrected chi connectivity index (χ2v) is 6.58. The number of carbonyl (C=O) groups is 1. The van der Waals surface area contributed by atoms with Crippen molar-refractivity contribution in [1.29, 1.82) is 0 Å². The summed E-state index contributed by atoms with van der Waals surface area (Å²) >= 11 is 0. The zero-order valence-electron chi connectivity index (χ0n) is 10.4. The van der Waals surface area contributed by atoms with Crippen molar-refractivity contribution in [3.63, 3.8) is 0 Å². The third-order valence-corrected chi connectivity index (χ3v) is 3.47. The summed E-state index contributed by atoms with van der Waals surface area (Å²) in [6, 6.07) is 0. The second-order valence-electron chi connectivity index (χ2n) is 4.77. The molecule has 0 atom stereocenters. The van der Waals surface area contributed by atoms with Gasteiger partial charge in [-0.05, 0) is 12.3 Å². The van der Waals surface area contributed by atoms with Crippen LogP contribution in [0.4, 0.5) is 0 Å². The Morgan fingerprint density at radius 1 is 1.31 bits per heavy atom. The highest BCUT2D eigenvalue weighted by Gasteiger charge is 2.21. The van der Waals surface area contributed by atoms with Crippen LogP contribution in [0.3, 0.4) is 0 Å². The lowest BCUT2D eigenvalue weighted by molar-refractivity contribution is -0.142. The highest BCUT2D eigenvalue weighted by molar-refractivity contribution is 7.89. The van der Waals surface area contributed by atoms with Crippen molar-refractivity contribution in [2.24, 2.45) is 5.41 Å². The Kier molecular flexibility index (Phi) is 5.96. The predicted molar refractivity (Wildman–Crippen MR) is 62.5 cm³/mol. The van der Waals surface area contributed by atoms with Crippen molar-refractivity contribution >= 4 is 16.0 Å². The predicted octanol–water partition coefficient (Wildman–Crippen LogP) is 0.905. The van der Waals surface area contributed by atoms with Crippen molar-refractivity contribution in [2.45, 2.75) is 34.1 Å². The number of carbonyl (C=O) groups excluding carboxylic acids is 1. The van der Waals surface area contributed by atoms with E-state index in [0.717, 1.165) is 0 Å². The van der Waals surface area contributed by atoms with Crippen LogP contribution >= 0.6 is 0 Å². The first-order valence-electron chi connectivity index (χ1n) is 5.29. The molecule has 0 aliphatic carbocycles. The number of hydrogen-bond acceptors (Lipinski definition) is 4. The number of hydrogen-bond donors (Lipinski definition) is 1. The summed E-state index contributed by atoms with van der Waals surface area (Å²) in [5.74, 6) is -0.344. The van der Waals surface area contributed by atoms with E-state index < -0.39 is 10.0 Å². The van der Waals surface area contributed by atoms with E-state index >= 15 is 0 Å². The van der Waals surface area contributed by atoms with Crippen molar-refractivity contribution in [2.75, 3.05) is 18.9 Å². The van der Waals surface area contributed by atoms with Gasteiger partial charge in [0.1, 0.15) is 0 Å². The van der Waals surface area contributed by atoms with E-state index in [9.17, 15) is 13.2 Å². The van der Waals surface area contributed by atoms with Gasteiger partial charge in [-0.2, -0.15) is 0 Å². The number of ether oxygens (including phenoxy) is 1. The molecule has 0 spiro atoms. The van der Waals surface area contributed by atoms with Crippen LogP contribution in [0.15, 0.2) is 0 Å². The first kappa shape index (κ1) is 15.4. The highest BCUT2D eigenvalue weighted by Crippen LogP contribution is 2.15. The zero-order valence-corrected chi connectivity index (χ0v) is 11.2. The quantitative estimate of drug-likeness (QED) is 0.712. The summed E-state index contributed by atoms with van der Waals surface area (Å²) in [6.45, 7) is 7.65. The standard InChI is InChI=1S/C10H21NO4S/c1-5-15-9(12)6-7-11-16(13,14)8-10(2,3)4/h11H,5-8H2,1-4H3. The molecule has 0 heterocycles. The van der Waals surface area contributed by atoms with Crippen molar-refractivity contribution in [1.82, 2.24) is 4.72 Å². The summed E-state index contributed by atoms with van der Waals surface area (Å²) in [7, 11) is -3.31. The molecule has 0 amide bonds. The van der Waals surface area contributed by atoms with Gasteiger partial charge in [-0.1, -0.05) is 20.8 Å². The van der Waals surface area contributed by atoms with Gasteiger partial charge < -0.3 is 4.74 Å². The van der Waals surface area contributed by atoms with E-state index in [1.54, 1.807) is 6.92 Å². The number of rotatable bonds is 6. The fraction of sp³-hybridized carbons (Fsp3) is 0.900. The van der Waals surface area contributed by atoms with Gasteiger partial charge in [0.15, 0.2) is 0 Å². The lowest BCUT2D eigenvalue weighted by Crippen LogP contribution is -2.33. The third kappa shape index (κ3) is 8.67. The molecule has 0 fully saturated rings. The Labute approximate surface area is 97.6 Å². The van der Waals surface area contributed by atoms with Gasteiger partial charge in [-0.3, -0.25) is 4.79 Å². The molecule has 96 valence electrons. The molecule has 0 bridgehead atoms. The molecule has 16 heavy (non-hydrogen) atoms. The van der Waals surface area contributed by atoms with Crippen molar-refractivity contribution in [3.8, 4) is 0 Å². The van der Waals surface area contributed by atoms with E-state index in [1.807, 2.05) is 20.8 Å². The molecule has 0 aromatic carbocycles. The summed E-state index contributed by atoms with van der Waals surface area (Å²) in [5.41, 5.74) is -0.296. The summed E-state index contributed by atoms with van der Waals surface area (Å²) in [5, 5.41) is 0. The highest BCUT2D eigenvalue weighted by atomic mass is 32.2. The lowest BCUT2D eigenvalue weighted by Gasteiger charge is -2.18. The van der Waals surface area contributed by atoms with E-state index in [1.165, 1.54) is 0 Å². The molecule has 0 aliphatic rings. The maximum atomic E-state index is 11.5. The van der Waals surface area contributed by atoms with E-state index in [4.69, 9.17) is 0 Å². The fourth-order valence-electron chi connectivity index (χ4n) is 1.16. The Bertz CT molecular complexity index is 316. The number of sulfonamides is 1. The Hall–Kier alpha value is -0.620. The minimum Gasteiger partial charge on any atom is -0.466 e. The van der Waals surface area contributed by atoms with Gasteiger partial charge >= 0.3 is 5.97 Å². The topological polar surface area (TPSA) is 72.5 Å². The number of esters is 1. The van der Waals surface area contributed by atoms with E-state index in [0.29, 0.717) is 6.61 Å². The smallest absolute Gasteiger partial charge is 0.307 e. The van der Waals surface area contributed by atoms with E-state index in [-0.39, 0.29) is 30.1 Å². The van der Waals surface area contributed by atoms with Crippen LogP contribution in [-0.4, -0.2) is 33.3 Å². The molecule has 5 nitrogen and oxygen atoms in total. The van der Waals surface area contributed by atoms with Crippen molar-refractivity contribution < 1.29 is 17.9 Å². The van der Waals surface area contributed by atoms with Crippen LogP contribution in [0.25, 0.3) is 0 Å². The van der Waals surface area contributed by atoms with Gasteiger partial charge in [0, 0.05) is 6.54 Å². The average molecular weight is 251 g/mol. The molecular formula is C10H21NO4S. The Morgan fingerprint density at radius 2 is 1.88 bits per heavy atom. The van der Waals surface area contributed by atoms with Gasteiger partial charge in [0.2, 0.25) is 10.0 Å². The van der Waals surface area contributed by atoms with Crippen LogP contribution in [-0.2, 0) is 19.6 Å². The maximum Gasteiger partial charge on any atom is 0.307 e. The lowest BCUT2D eigenvalue weighted by atomic mass is 10.0. The summed E-state index contributed by atoms with van der Waals surface area (Å²) in [4.78, 5) is 11.0. The normalized spacial score (nSPS) is 12.5. The molecule has 0 rings (SSSR count). The van der Waals surface area contributed by atoms with Crippen LogP contribution in [0.1, 0.15) is 34.1 Å². The van der Waals surface area contributed by atoms with Gasteiger partial charge in [0.05, 0.1) is 18.8 Å². The van der Waals surface area contributed by atoms with Crippen LogP contribution in [0.2, 0.25) is 0 Å². The molecule has 0 aromatic rings. The minimum absolute atomic E-state index is 0.0445. The Balaban J connectivity index is 3.97. The minimum atomic E-state index is -3.31. The molecule has 1 N–H and O–H groups in total. The van der Waals surface area contributed by atoms with E-state index in [2.05, 4.69) is 9.46 Å². The maximum absolute atomic E-state index is 11.5. The van der Waals surface area contributed by atoms with Gasteiger partial charge in [0.25, 0.3) is 0 Å². The largest absolute Gasteiger partial charge is 0.466 e. The van der Waals surface area contributed by atoms with Gasteiger partial charge in [-0.15, -0.1) is 0 Å². The molecule has 0 aliphatic heterocycles. The summed E-state index contributed by atoms with van der Waals surface area (Å²) in [6.07, 6.45) is 0.0667. The Morgan fingerprint density at radius 3 is 2.31 bits per heavy atom. The third-order valence-electron chi connectivity index (χ3n) is 1.58.